The highest BCUT2D eigenvalue weighted by Crippen LogP contribution is 2.36. The number of rotatable bonds is 39. The van der Waals surface area contributed by atoms with E-state index in [0.29, 0.717) is 19.3 Å². The van der Waals surface area contributed by atoms with Crippen molar-refractivity contribution in [3.8, 4) is 0 Å². The van der Waals surface area contributed by atoms with Gasteiger partial charge in [0.2, 0.25) is 0 Å². The number of allylic oxidation sites excluding steroid dienone is 7. The maximum atomic E-state index is 12.4. The minimum Gasteiger partial charge on any atom is -0.462 e. The smallest absolute Gasteiger partial charge is 0.462 e. The molecule has 54 heavy (non-hydrogen) atoms. The maximum absolute atomic E-state index is 12.4. The first kappa shape index (κ1) is 52.0. The molecule has 0 bridgehead atoms. The van der Waals surface area contributed by atoms with Crippen molar-refractivity contribution in [1.29, 1.82) is 0 Å². The molecule has 0 aliphatic carbocycles. The zero-order valence-corrected chi connectivity index (χ0v) is 35.1. The number of unbranched alkanes of at least 4 members (excludes halogenated alkanes) is 20. The summed E-state index contributed by atoms with van der Waals surface area (Å²) in [6.07, 6.45) is 44.5. The average Bonchev–Trinajstić information content (AvgIpc) is 3.13. The summed E-state index contributed by atoms with van der Waals surface area (Å²) >= 11 is 0. The highest BCUT2D eigenvalue weighted by atomic mass is 31.2. The Morgan fingerprint density at radius 2 is 1.06 bits per heavy atom. The molecular weight excluding hydrogens is 703 g/mol. The molecule has 0 aromatic carbocycles. The van der Waals surface area contributed by atoms with E-state index in [9.17, 15) is 19.3 Å². The number of aliphatic hydroxyl groups excluding tert-OH is 1. The summed E-state index contributed by atoms with van der Waals surface area (Å²) in [6, 6.07) is 0. The minimum absolute atomic E-state index is 0.117. The van der Waals surface area contributed by atoms with Crippen molar-refractivity contribution in [2.45, 2.75) is 206 Å². The second kappa shape index (κ2) is 39.2. The van der Waals surface area contributed by atoms with Crippen molar-refractivity contribution in [1.82, 2.24) is 0 Å². The number of hydrogen-bond donors (Lipinski definition) is 3. The van der Waals surface area contributed by atoms with Gasteiger partial charge in [0, 0.05) is 12.8 Å². The Kier molecular flexibility index (Phi) is 37.7. The van der Waals surface area contributed by atoms with Crippen molar-refractivity contribution < 1.29 is 43.0 Å². The molecule has 0 unspecified atom stereocenters. The molecule has 2 atom stereocenters. The Bertz CT molecular complexity index is 1030. The van der Waals surface area contributed by atoms with E-state index < -0.39 is 32.5 Å². The number of carbonyl (C=O) groups is 2. The summed E-state index contributed by atoms with van der Waals surface area (Å²) in [4.78, 5) is 42.8. The van der Waals surface area contributed by atoms with Gasteiger partial charge in [-0.05, 0) is 38.5 Å². The number of aliphatic hydroxyl groups is 1. The Labute approximate surface area is 329 Å². The fourth-order valence-electron chi connectivity index (χ4n) is 5.95. The first-order chi connectivity index (χ1) is 26.2. The molecule has 9 nitrogen and oxygen atoms in total. The quantitative estimate of drug-likeness (QED) is 0.0183. The van der Waals surface area contributed by atoms with Gasteiger partial charge in [-0.15, -0.1) is 0 Å². The molecule has 0 aliphatic rings. The summed E-state index contributed by atoms with van der Waals surface area (Å²) in [5, 5.41) is 9.87. The van der Waals surface area contributed by atoms with Gasteiger partial charge in [-0.1, -0.05) is 191 Å². The van der Waals surface area contributed by atoms with Crippen LogP contribution in [0.25, 0.3) is 0 Å². The number of hydrogen-bond acceptors (Lipinski definition) is 7. The van der Waals surface area contributed by atoms with Crippen molar-refractivity contribution in [3.05, 3.63) is 48.6 Å². The van der Waals surface area contributed by atoms with E-state index in [0.717, 1.165) is 51.4 Å². The van der Waals surface area contributed by atoms with Gasteiger partial charge in [-0.2, -0.15) is 0 Å². The molecule has 0 radical (unpaired) electrons. The van der Waals surface area contributed by atoms with E-state index >= 15 is 0 Å². The lowest BCUT2D eigenvalue weighted by Gasteiger charge is -2.18. The van der Waals surface area contributed by atoms with Gasteiger partial charge in [0.15, 0.2) is 6.10 Å². The lowest BCUT2D eigenvalue weighted by molar-refractivity contribution is -0.161. The molecule has 314 valence electrons. The molecule has 0 saturated carbocycles. The van der Waals surface area contributed by atoms with Crippen LogP contribution in [0, 0.1) is 0 Å². The maximum Gasteiger partial charge on any atom is 0.469 e. The SMILES string of the molecule is CCCCCCCCCCCCCCCCCCCCC(=O)OC[C@H](COP(=O)(O)O)OC(=O)CCC/C=C\C/C=C\C/C=C\C=C\[C@@H](O)CCCCC. The first-order valence-electron chi connectivity index (χ1n) is 21.5. The van der Waals surface area contributed by atoms with Crippen LogP contribution >= 0.6 is 7.82 Å². The molecular formula is C44H79O9P. The van der Waals surface area contributed by atoms with E-state index in [1.165, 1.54) is 96.3 Å². The van der Waals surface area contributed by atoms with Crippen LogP contribution in [0.1, 0.15) is 194 Å². The lowest BCUT2D eigenvalue weighted by Crippen LogP contribution is -2.29. The molecule has 0 heterocycles. The van der Waals surface area contributed by atoms with Crippen LogP contribution in [0.4, 0.5) is 0 Å². The van der Waals surface area contributed by atoms with Crippen molar-refractivity contribution >= 4 is 19.8 Å². The fraction of sp³-hybridized carbons (Fsp3) is 0.773. The third kappa shape index (κ3) is 41.1. The molecule has 0 aromatic heterocycles. The summed E-state index contributed by atoms with van der Waals surface area (Å²) in [5.74, 6) is -0.972. The topological polar surface area (TPSA) is 140 Å². The molecule has 0 aliphatic heterocycles. The largest absolute Gasteiger partial charge is 0.469 e. The van der Waals surface area contributed by atoms with Crippen LogP contribution in [-0.4, -0.2) is 52.3 Å². The van der Waals surface area contributed by atoms with Gasteiger partial charge in [-0.3, -0.25) is 14.1 Å². The van der Waals surface area contributed by atoms with E-state index in [4.69, 9.17) is 19.3 Å². The summed E-state index contributed by atoms with van der Waals surface area (Å²) in [6.45, 7) is 3.53. The van der Waals surface area contributed by atoms with Gasteiger partial charge in [0.1, 0.15) is 6.61 Å². The number of phosphoric ester groups is 1. The van der Waals surface area contributed by atoms with Crippen LogP contribution in [0.15, 0.2) is 48.6 Å². The van der Waals surface area contributed by atoms with Crippen molar-refractivity contribution in [2.75, 3.05) is 13.2 Å². The first-order valence-corrected chi connectivity index (χ1v) is 23.1. The Morgan fingerprint density at radius 1 is 0.574 bits per heavy atom. The van der Waals surface area contributed by atoms with Crippen molar-refractivity contribution in [3.63, 3.8) is 0 Å². The molecule has 3 N–H and O–H groups in total. The van der Waals surface area contributed by atoms with Gasteiger partial charge in [-0.25, -0.2) is 4.57 Å². The predicted molar refractivity (Wildman–Crippen MR) is 222 cm³/mol. The molecule has 0 aromatic rings. The Balaban J connectivity index is 4.02. The molecule has 0 spiro atoms. The highest BCUT2D eigenvalue weighted by molar-refractivity contribution is 7.46. The van der Waals surface area contributed by atoms with E-state index in [1.54, 1.807) is 0 Å². The average molecular weight is 783 g/mol. The van der Waals surface area contributed by atoms with Crippen LogP contribution < -0.4 is 0 Å². The van der Waals surface area contributed by atoms with Crippen molar-refractivity contribution in [2.24, 2.45) is 0 Å². The van der Waals surface area contributed by atoms with Crippen LogP contribution in [0.5, 0.6) is 0 Å². The normalized spacial score (nSPS) is 13.5. The Hall–Kier alpha value is -2.03. The zero-order chi connectivity index (χ0) is 39.8. The molecule has 0 amide bonds. The van der Waals surface area contributed by atoms with E-state index in [-0.39, 0.29) is 25.6 Å². The van der Waals surface area contributed by atoms with Crippen LogP contribution in [0.2, 0.25) is 0 Å². The molecule has 0 fully saturated rings. The summed E-state index contributed by atoms with van der Waals surface area (Å²) in [7, 11) is -4.78. The molecule has 10 heteroatoms. The summed E-state index contributed by atoms with van der Waals surface area (Å²) < 4.78 is 26.3. The highest BCUT2D eigenvalue weighted by Gasteiger charge is 2.22. The third-order valence-corrected chi connectivity index (χ3v) is 9.69. The number of ether oxygens (including phenoxy) is 2. The van der Waals surface area contributed by atoms with Crippen LogP contribution in [0.3, 0.4) is 0 Å². The van der Waals surface area contributed by atoms with Gasteiger partial charge in [0.05, 0.1) is 12.7 Å². The number of phosphoric acid groups is 1. The second-order valence-electron chi connectivity index (χ2n) is 14.5. The fourth-order valence-corrected chi connectivity index (χ4v) is 6.31. The predicted octanol–water partition coefficient (Wildman–Crippen LogP) is 12.1. The minimum atomic E-state index is -4.78. The van der Waals surface area contributed by atoms with E-state index in [1.807, 2.05) is 36.5 Å². The Morgan fingerprint density at radius 3 is 1.61 bits per heavy atom. The summed E-state index contributed by atoms with van der Waals surface area (Å²) in [5.41, 5.74) is 0. The zero-order valence-electron chi connectivity index (χ0n) is 34.2. The molecule has 0 rings (SSSR count). The molecule has 0 saturated heterocycles. The third-order valence-electron chi connectivity index (χ3n) is 9.20. The number of carbonyl (C=O) groups excluding carboxylic acids is 2. The van der Waals surface area contributed by atoms with E-state index in [2.05, 4.69) is 30.5 Å². The van der Waals surface area contributed by atoms with Gasteiger partial charge >= 0.3 is 19.8 Å². The number of esters is 2. The lowest BCUT2D eigenvalue weighted by atomic mass is 10.0. The monoisotopic (exact) mass is 783 g/mol. The second-order valence-corrected chi connectivity index (χ2v) is 15.8. The van der Waals surface area contributed by atoms with Crippen LogP contribution in [-0.2, 0) is 28.2 Å². The van der Waals surface area contributed by atoms with Gasteiger partial charge in [0.25, 0.3) is 0 Å². The van der Waals surface area contributed by atoms with Gasteiger partial charge < -0.3 is 24.4 Å². The standard InChI is InChI=1S/C44H79O9P/c1-3-5-7-8-9-10-11-12-13-14-15-16-17-20-23-26-29-33-37-43(46)51-39-42(40-52-54(48,49)50)53-44(47)38-34-30-27-24-21-18-19-22-25-28-32-36-41(45)35-31-6-4-2/h18-19,24-25,27-28,32,36,41-42,45H,3-17,20-23,26,29-31,33-35,37-40H2,1-2H3,(H2,48,49,50)/b19-18-,27-24-,28-25-,36-32+/t41-,42+/m0/s1.